The van der Waals surface area contributed by atoms with Crippen molar-refractivity contribution in [3.05, 3.63) is 46.1 Å². The molecule has 1 aliphatic heterocycles. The third-order valence-electron chi connectivity index (χ3n) is 5.73. The molecular formula is C21H28N4O4. The van der Waals surface area contributed by atoms with Crippen LogP contribution in [0.5, 0.6) is 5.75 Å². The highest BCUT2D eigenvalue weighted by molar-refractivity contribution is 5.97. The van der Waals surface area contributed by atoms with Gasteiger partial charge in [0.05, 0.1) is 25.8 Å². The Bertz CT molecular complexity index is 931. The number of carbonyl (C=O) groups excluding carboxylic acids is 1. The molecule has 156 valence electrons. The van der Waals surface area contributed by atoms with Gasteiger partial charge in [0, 0.05) is 32.2 Å². The highest BCUT2D eigenvalue weighted by Crippen LogP contribution is 2.37. The number of nitrogens with zero attached hydrogens (tertiary/aromatic N) is 4. The quantitative estimate of drug-likeness (QED) is 0.711. The topological polar surface area (TPSA) is 78.6 Å². The molecule has 2 aromatic rings. The third-order valence-corrected chi connectivity index (χ3v) is 5.73. The highest BCUT2D eigenvalue weighted by atomic mass is 16.5. The van der Waals surface area contributed by atoms with E-state index < -0.39 is 0 Å². The Morgan fingerprint density at radius 2 is 2.00 bits per heavy atom. The van der Waals surface area contributed by atoms with Gasteiger partial charge in [-0.1, -0.05) is 12.1 Å². The molecule has 1 aromatic carbocycles. The van der Waals surface area contributed by atoms with Crippen LogP contribution in [0, 0.1) is 0 Å². The summed E-state index contributed by atoms with van der Waals surface area (Å²) >= 11 is 0. The fraction of sp³-hybridized carbons (Fsp3) is 0.571. The second-order valence-corrected chi connectivity index (χ2v) is 7.75. The Hall–Kier alpha value is -2.61. The van der Waals surface area contributed by atoms with Crippen LogP contribution in [-0.4, -0.2) is 59.1 Å². The van der Waals surface area contributed by atoms with Gasteiger partial charge in [-0.3, -0.25) is 9.36 Å². The number of amides is 1. The van der Waals surface area contributed by atoms with Crippen molar-refractivity contribution >= 4 is 5.91 Å². The number of hydrogen-bond acceptors (Lipinski definition) is 5. The normalized spacial score (nSPS) is 19.4. The van der Waals surface area contributed by atoms with Crippen LogP contribution in [0.3, 0.4) is 0 Å². The smallest absolute Gasteiger partial charge is 0.346 e. The van der Waals surface area contributed by atoms with Crippen molar-refractivity contribution in [2.24, 2.45) is 0 Å². The lowest BCUT2D eigenvalue weighted by atomic mass is 9.96. The summed E-state index contributed by atoms with van der Waals surface area (Å²) in [7, 11) is 3.19. The fourth-order valence-corrected chi connectivity index (χ4v) is 4.08. The number of methoxy groups -OCH3 is 2. The Kier molecular flexibility index (Phi) is 5.71. The fourth-order valence-electron chi connectivity index (χ4n) is 4.08. The number of piperidine rings is 1. The number of benzene rings is 1. The van der Waals surface area contributed by atoms with Gasteiger partial charge in [-0.15, -0.1) is 0 Å². The summed E-state index contributed by atoms with van der Waals surface area (Å²) in [5, 5.41) is 4.66. The molecule has 2 heterocycles. The molecule has 0 bridgehead atoms. The van der Waals surface area contributed by atoms with Gasteiger partial charge >= 0.3 is 5.69 Å². The molecule has 1 saturated carbocycles. The molecular weight excluding hydrogens is 372 g/mol. The van der Waals surface area contributed by atoms with Crippen molar-refractivity contribution in [1.82, 2.24) is 19.2 Å². The Balaban J connectivity index is 1.59. The number of hydrogen-bond donors (Lipinski definition) is 0. The lowest BCUT2D eigenvalue weighted by Gasteiger charge is -2.32. The summed E-state index contributed by atoms with van der Waals surface area (Å²) in [5.74, 6) is 1.41. The van der Waals surface area contributed by atoms with Gasteiger partial charge < -0.3 is 14.4 Å². The van der Waals surface area contributed by atoms with Crippen molar-refractivity contribution in [2.45, 2.75) is 44.2 Å². The van der Waals surface area contributed by atoms with Gasteiger partial charge in [0.15, 0.2) is 0 Å². The molecule has 1 unspecified atom stereocenters. The van der Waals surface area contributed by atoms with Crippen LogP contribution in [-0.2, 0) is 11.3 Å². The van der Waals surface area contributed by atoms with Crippen LogP contribution in [0.2, 0.25) is 0 Å². The predicted molar refractivity (Wildman–Crippen MR) is 108 cm³/mol. The van der Waals surface area contributed by atoms with E-state index in [0.717, 1.165) is 31.5 Å². The van der Waals surface area contributed by atoms with E-state index >= 15 is 0 Å². The summed E-state index contributed by atoms with van der Waals surface area (Å²) in [6.07, 6.45) is 3.83. The summed E-state index contributed by atoms with van der Waals surface area (Å²) in [4.78, 5) is 27.9. The first-order valence-electron chi connectivity index (χ1n) is 10.2. The van der Waals surface area contributed by atoms with E-state index in [0.29, 0.717) is 37.6 Å². The Morgan fingerprint density at radius 3 is 2.72 bits per heavy atom. The van der Waals surface area contributed by atoms with Crippen LogP contribution >= 0.6 is 0 Å². The van der Waals surface area contributed by atoms with E-state index in [1.807, 2.05) is 21.6 Å². The maximum Gasteiger partial charge on any atom is 0.346 e. The van der Waals surface area contributed by atoms with Crippen molar-refractivity contribution < 1.29 is 14.3 Å². The maximum absolute atomic E-state index is 13.1. The molecule has 8 nitrogen and oxygen atoms in total. The molecule has 1 aliphatic carbocycles. The van der Waals surface area contributed by atoms with E-state index in [9.17, 15) is 9.59 Å². The summed E-state index contributed by atoms with van der Waals surface area (Å²) in [6, 6.07) is 7.55. The molecule has 2 fully saturated rings. The van der Waals surface area contributed by atoms with Crippen LogP contribution < -0.4 is 10.4 Å². The van der Waals surface area contributed by atoms with Crippen molar-refractivity contribution in [2.75, 3.05) is 33.9 Å². The first-order chi connectivity index (χ1) is 14.1. The minimum Gasteiger partial charge on any atom is -0.496 e. The number of carbonyl (C=O) groups is 1. The first-order valence-corrected chi connectivity index (χ1v) is 10.2. The van der Waals surface area contributed by atoms with E-state index in [4.69, 9.17) is 9.47 Å². The highest BCUT2D eigenvalue weighted by Gasteiger charge is 2.35. The second-order valence-electron chi connectivity index (χ2n) is 7.75. The molecule has 1 atom stereocenters. The first kappa shape index (κ1) is 19.7. The van der Waals surface area contributed by atoms with Gasteiger partial charge in [0.25, 0.3) is 5.91 Å². The molecule has 2 aliphatic rings. The monoisotopic (exact) mass is 400 g/mol. The number of ether oxygens (including phenoxy) is 2. The Morgan fingerprint density at radius 1 is 1.21 bits per heavy atom. The number of para-hydroxylation sites is 1. The number of aromatic nitrogens is 3. The molecule has 0 radical (unpaired) electrons. The van der Waals surface area contributed by atoms with Crippen molar-refractivity contribution in [3.63, 3.8) is 0 Å². The van der Waals surface area contributed by atoms with Crippen LogP contribution in [0.15, 0.2) is 29.1 Å². The molecule has 29 heavy (non-hydrogen) atoms. The molecule has 1 amide bonds. The van der Waals surface area contributed by atoms with Crippen LogP contribution in [0.25, 0.3) is 0 Å². The summed E-state index contributed by atoms with van der Waals surface area (Å²) < 4.78 is 13.9. The number of rotatable bonds is 7. The van der Waals surface area contributed by atoms with E-state index in [-0.39, 0.29) is 23.6 Å². The van der Waals surface area contributed by atoms with Gasteiger partial charge in [-0.25, -0.2) is 9.48 Å². The van der Waals surface area contributed by atoms with E-state index in [1.54, 1.807) is 26.4 Å². The van der Waals surface area contributed by atoms with Gasteiger partial charge in [0.2, 0.25) is 0 Å². The van der Waals surface area contributed by atoms with Gasteiger partial charge in [-0.2, -0.15) is 5.10 Å². The molecule has 0 spiro atoms. The minimum absolute atomic E-state index is 0.0358. The van der Waals surface area contributed by atoms with Gasteiger partial charge in [0.1, 0.15) is 11.6 Å². The molecule has 1 aromatic heterocycles. The Labute approximate surface area is 170 Å². The summed E-state index contributed by atoms with van der Waals surface area (Å²) in [5.41, 5.74) is 0.508. The standard InChI is InChI=1S/C21H28N4O4/c1-28-13-12-24-21(27)25(16-9-10-16)19(22-24)15-6-5-11-23(14-15)20(26)17-7-3-4-8-18(17)29-2/h3-4,7-8,15-16H,5-6,9-14H2,1-2H3. The number of likely N-dealkylation sites (tertiary alicyclic amines) is 1. The molecule has 4 rings (SSSR count). The van der Waals surface area contributed by atoms with Crippen LogP contribution in [0.1, 0.15) is 53.8 Å². The van der Waals surface area contributed by atoms with Crippen molar-refractivity contribution in [3.8, 4) is 5.75 Å². The average Bonchev–Trinajstić information content (AvgIpc) is 3.55. The lowest BCUT2D eigenvalue weighted by Crippen LogP contribution is -2.40. The van der Waals surface area contributed by atoms with Gasteiger partial charge in [-0.05, 0) is 37.8 Å². The second kappa shape index (κ2) is 8.41. The maximum atomic E-state index is 13.1. The molecule has 1 saturated heterocycles. The van der Waals surface area contributed by atoms with E-state index in [1.165, 1.54) is 4.68 Å². The minimum atomic E-state index is -0.0623. The zero-order valence-electron chi connectivity index (χ0n) is 17.0. The SMILES string of the molecule is COCCn1nc(C2CCCN(C(=O)c3ccccc3OC)C2)n(C2CC2)c1=O. The van der Waals surface area contributed by atoms with Crippen molar-refractivity contribution in [1.29, 1.82) is 0 Å². The molecule has 0 N–H and O–H groups in total. The molecule has 8 heteroatoms. The van der Waals surface area contributed by atoms with E-state index in [2.05, 4.69) is 5.10 Å². The lowest BCUT2D eigenvalue weighted by molar-refractivity contribution is 0.0699. The summed E-state index contributed by atoms with van der Waals surface area (Å²) in [6.45, 7) is 2.15. The zero-order chi connectivity index (χ0) is 20.4. The third kappa shape index (κ3) is 3.94. The predicted octanol–water partition coefficient (Wildman–Crippen LogP) is 2.05. The van der Waals surface area contributed by atoms with Crippen LogP contribution in [0.4, 0.5) is 0 Å². The largest absolute Gasteiger partial charge is 0.496 e. The average molecular weight is 400 g/mol. The zero-order valence-corrected chi connectivity index (χ0v) is 17.0.